The van der Waals surface area contributed by atoms with Crippen LogP contribution in [0.4, 0.5) is 5.13 Å². The maximum Gasteiger partial charge on any atom is 0.206 e. The van der Waals surface area contributed by atoms with Gasteiger partial charge < -0.3 is 10.1 Å². The molecule has 2 aromatic rings. The van der Waals surface area contributed by atoms with E-state index >= 15 is 0 Å². The molecule has 0 bridgehead atoms. The molecule has 17 heavy (non-hydrogen) atoms. The molecule has 0 unspecified atom stereocenters. The zero-order valence-electron chi connectivity index (χ0n) is 9.98. The van der Waals surface area contributed by atoms with Gasteiger partial charge in [0.2, 0.25) is 5.13 Å². The maximum absolute atomic E-state index is 5.14. The van der Waals surface area contributed by atoms with Crippen LogP contribution in [0.1, 0.15) is 17.6 Å². The molecule has 0 saturated heterocycles. The van der Waals surface area contributed by atoms with Gasteiger partial charge >= 0.3 is 0 Å². The second kappa shape index (κ2) is 5.52. The summed E-state index contributed by atoms with van der Waals surface area (Å²) in [7, 11) is 1.67. The number of hydrogen-bond acceptors (Lipinski definition) is 7. The number of hydrogen-bond donors (Lipinski definition) is 1. The fourth-order valence-electron chi connectivity index (χ4n) is 1.41. The molecule has 0 aliphatic heterocycles. The Hall–Kier alpha value is -1.05. The topological polar surface area (TPSA) is 59.9 Å². The van der Waals surface area contributed by atoms with Gasteiger partial charge in [-0.3, -0.25) is 0 Å². The van der Waals surface area contributed by atoms with E-state index in [1.807, 2.05) is 13.8 Å². The molecule has 0 amide bonds. The standard InChI is InChI=1S/C10H14N4OS2/c1-4-11-10-14-13-9(17-10)8-7(5-15-3)12-6(2)16-8/h4-5H2,1-3H3,(H,11,14). The average molecular weight is 270 g/mol. The molecule has 2 heterocycles. The van der Waals surface area contributed by atoms with Crippen LogP contribution in [0.25, 0.3) is 9.88 Å². The SMILES string of the molecule is CCNc1nnc(-c2sc(C)nc2COC)s1. The largest absolute Gasteiger partial charge is 0.378 e. The smallest absolute Gasteiger partial charge is 0.206 e. The van der Waals surface area contributed by atoms with Crippen LogP contribution in [0.5, 0.6) is 0 Å². The van der Waals surface area contributed by atoms with Gasteiger partial charge in [0.25, 0.3) is 0 Å². The highest BCUT2D eigenvalue weighted by Crippen LogP contribution is 2.34. The molecule has 0 atom stereocenters. The van der Waals surface area contributed by atoms with Crippen molar-refractivity contribution >= 4 is 27.8 Å². The highest BCUT2D eigenvalue weighted by molar-refractivity contribution is 7.23. The van der Waals surface area contributed by atoms with E-state index in [1.165, 1.54) is 0 Å². The molecule has 2 rings (SSSR count). The van der Waals surface area contributed by atoms with Crippen molar-refractivity contribution in [3.05, 3.63) is 10.7 Å². The Morgan fingerprint density at radius 3 is 2.82 bits per heavy atom. The first-order chi connectivity index (χ1) is 8.24. The molecule has 0 aromatic carbocycles. The molecule has 0 fully saturated rings. The Balaban J connectivity index is 2.30. The van der Waals surface area contributed by atoms with Crippen molar-refractivity contribution in [2.45, 2.75) is 20.5 Å². The minimum absolute atomic E-state index is 0.510. The molecule has 0 radical (unpaired) electrons. The third-order valence-electron chi connectivity index (χ3n) is 2.03. The summed E-state index contributed by atoms with van der Waals surface area (Å²) in [5.74, 6) is 0. The van der Waals surface area contributed by atoms with Crippen LogP contribution in [-0.4, -0.2) is 28.8 Å². The van der Waals surface area contributed by atoms with Crippen molar-refractivity contribution in [3.63, 3.8) is 0 Å². The normalized spacial score (nSPS) is 10.8. The minimum Gasteiger partial charge on any atom is -0.378 e. The molecule has 0 aliphatic carbocycles. The number of methoxy groups -OCH3 is 1. The Kier molecular flexibility index (Phi) is 4.03. The summed E-state index contributed by atoms with van der Waals surface area (Å²) in [5, 5.41) is 14.2. The lowest BCUT2D eigenvalue weighted by molar-refractivity contribution is 0.182. The quantitative estimate of drug-likeness (QED) is 0.904. The summed E-state index contributed by atoms with van der Waals surface area (Å²) in [5.41, 5.74) is 0.939. The van der Waals surface area contributed by atoms with Crippen molar-refractivity contribution in [2.24, 2.45) is 0 Å². The van der Waals surface area contributed by atoms with Crippen LogP contribution < -0.4 is 5.32 Å². The second-order valence-electron chi connectivity index (χ2n) is 3.38. The summed E-state index contributed by atoms with van der Waals surface area (Å²) in [6.07, 6.45) is 0. The predicted octanol–water partition coefficient (Wildman–Crippen LogP) is 2.55. The first-order valence-corrected chi connectivity index (χ1v) is 6.91. The van der Waals surface area contributed by atoms with Gasteiger partial charge in [-0.2, -0.15) is 0 Å². The number of ether oxygens (including phenoxy) is 1. The number of rotatable bonds is 5. The summed E-state index contributed by atoms with van der Waals surface area (Å²) in [6, 6.07) is 0. The summed E-state index contributed by atoms with van der Waals surface area (Å²) >= 11 is 3.17. The van der Waals surface area contributed by atoms with Crippen molar-refractivity contribution in [2.75, 3.05) is 19.0 Å². The van der Waals surface area contributed by atoms with Gasteiger partial charge in [0.15, 0.2) is 5.01 Å². The van der Waals surface area contributed by atoms with Crippen molar-refractivity contribution in [3.8, 4) is 9.88 Å². The third-order valence-corrected chi connectivity index (χ3v) is 4.08. The summed E-state index contributed by atoms with van der Waals surface area (Å²) in [6.45, 7) is 5.38. The minimum atomic E-state index is 0.510. The van der Waals surface area contributed by atoms with Crippen LogP contribution in [-0.2, 0) is 11.3 Å². The molecule has 0 spiro atoms. The number of aromatic nitrogens is 3. The highest BCUT2D eigenvalue weighted by Gasteiger charge is 2.15. The molecule has 5 nitrogen and oxygen atoms in total. The zero-order valence-corrected chi connectivity index (χ0v) is 11.6. The van der Waals surface area contributed by atoms with E-state index in [9.17, 15) is 0 Å². The molecule has 2 aromatic heterocycles. The van der Waals surface area contributed by atoms with Gasteiger partial charge in [0, 0.05) is 13.7 Å². The zero-order chi connectivity index (χ0) is 12.3. The van der Waals surface area contributed by atoms with E-state index in [1.54, 1.807) is 29.8 Å². The number of nitrogens with zero attached hydrogens (tertiary/aromatic N) is 3. The van der Waals surface area contributed by atoms with E-state index in [-0.39, 0.29) is 0 Å². The van der Waals surface area contributed by atoms with Gasteiger partial charge in [-0.1, -0.05) is 11.3 Å². The van der Waals surface area contributed by atoms with Crippen molar-refractivity contribution in [1.29, 1.82) is 0 Å². The van der Waals surface area contributed by atoms with Crippen molar-refractivity contribution in [1.82, 2.24) is 15.2 Å². The molecule has 7 heteroatoms. The fraction of sp³-hybridized carbons (Fsp3) is 0.500. The molecule has 0 aliphatic rings. The molecule has 1 N–H and O–H groups in total. The van der Waals surface area contributed by atoms with E-state index in [0.29, 0.717) is 6.61 Å². The molecule has 92 valence electrons. The van der Waals surface area contributed by atoms with Gasteiger partial charge in [-0.25, -0.2) is 4.98 Å². The maximum atomic E-state index is 5.14. The van der Waals surface area contributed by atoms with Gasteiger partial charge in [0.05, 0.1) is 22.2 Å². The molecule has 0 saturated carbocycles. The Morgan fingerprint density at radius 1 is 1.29 bits per heavy atom. The monoisotopic (exact) mass is 270 g/mol. The molecular weight excluding hydrogens is 256 g/mol. The van der Waals surface area contributed by atoms with E-state index < -0.39 is 0 Å². The lowest BCUT2D eigenvalue weighted by Crippen LogP contribution is -1.94. The Bertz CT molecular complexity index is 494. The third kappa shape index (κ3) is 2.80. The lowest BCUT2D eigenvalue weighted by atomic mass is 10.4. The van der Waals surface area contributed by atoms with Crippen LogP contribution in [0.15, 0.2) is 0 Å². The summed E-state index contributed by atoms with van der Waals surface area (Å²) < 4.78 is 5.14. The molecular formula is C10H14N4OS2. The first-order valence-electron chi connectivity index (χ1n) is 5.27. The van der Waals surface area contributed by atoms with Crippen LogP contribution in [0, 0.1) is 6.92 Å². The Labute approximate surface area is 108 Å². The van der Waals surface area contributed by atoms with Crippen LogP contribution >= 0.6 is 22.7 Å². The average Bonchev–Trinajstić information content (AvgIpc) is 2.87. The fourth-order valence-corrected chi connectivity index (χ4v) is 3.23. The second-order valence-corrected chi connectivity index (χ2v) is 5.57. The highest BCUT2D eigenvalue weighted by atomic mass is 32.1. The van der Waals surface area contributed by atoms with E-state index in [2.05, 4.69) is 20.5 Å². The van der Waals surface area contributed by atoms with Gasteiger partial charge in [-0.05, 0) is 13.8 Å². The summed E-state index contributed by atoms with van der Waals surface area (Å²) in [4.78, 5) is 5.51. The van der Waals surface area contributed by atoms with Crippen molar-refractivity contribution < 1.29 is 4.74 Å². The van der Waals surface area contributed by atoms with Gasteiger partial charge in [-0.15, -0.1) is 21.5 Å². The number of thiazole rings is 1. The predicted molar refractivity (Wildman–Crippen MR) is 70.6 cm³/mol. The lowest BCUT2D eigenvalue weighted by Gasteiger charge is -1.96. The van der Waals surface area contributed by atoms with E-state index in [4.69, 9.17) is 4.74 Å². The first kappa shape index (κ1) is 12.4. The number of nitrogens with one attached hydrogen (secondary N) is 1. The van der Waals surface area contributed by atoms with Crippen LogP contribution in [0.3, 0.4) is 0 Å². The number of aryl methyl sites for hydroxylation is 1. The number of anilines is 1. The van der Waals surface area contributed by atoms with Crippen LogP contribution in [0.2, 0.25) is 0 Å². The van der Waals surface area contributed by atoms with E-state index in [0.717, 1.165) is 32.3 Å². The van der Waals surface area contributed by atoms with Gasteiger partial charge in [0.1, 0.15) is 0 Å². The Morgan fingerprint density at radius 2 is 2.12 bits per heavy atom.